The van der Waals surface area contributed by atoms with Gasteiger partial charge in [0.25, 0.3) is 0 Å². The summed E-state index contributed by atoms with van der Waals surface area (Å²) >= 11 is 3.14. The molecule has 4 nitrogen and oxygen atoms in total. The number of thiophene rings is 2. The molecule has 0 saturated heterocycles. The molecular formula is C16H15N3OS2. The lowest BCUT2D eigenvalue weighted by Gasteiger charge is -2.22. The van der Waals surface area contributed by atoms with Crippen LogP contribution in [0.4, 0.5) is 9.80 Å². The van der Waals surface area contributed by atoms with Gasteiger partial charge in [0.05, 0.1) is 17.2 Å². The number of aromatic nitrogens is 1. The summed E-state index contributed by atoms with van der Waals surface area (Å²) in [6, 6.07) is 11.5. The molecule has 112 valence electrons. The number of hydrogen-bond acceptors (Lipinski definition) is 4. The van der Waals surface area contributed by atoms with Gasteiger partial charge < -0.3 is 4.90 Å². The molecule has 0 aliphatic rings. The van der Waals surface area contributed by atoms with Gasteiger partial charge in [-0.3, -0.25) is 10.3 Å². The Morgan fingerprint density at radius 3 is 2.77 bits per heavy atom. The zero-order chi connectivity index (χ0) is 15.2. The predicted molar refractivity (Wildman–Crippen MR) is 91.1 cm³/mol. The highest BCUT2D eigenvalue weighted by molar-refractivity contribution is 7.14. The third-order valence-electron chi connectivity index (χ3n) is 3.07. The number of carbonyl (C=O) groups excluding carboxylic acids is 1. The zero-order valence-corrected chi connectivity index (χ0v) is 13.4. The van der Waals surface area contributed by atoms with Crippen molar-refractivity contribution in [2.45, 2.75) is 13.1 Å². The van der Waals surface area contributed by atoms with Crippen molar-refractivity contribution in [3.63, 3.8) is 0 Å². The molecule has 0 aliphatic carbocycles. The van der Waals surface area contributed by atoms with Crippen LogP contribution in [-0.4, -0.2) is 15.9 Å². The number of carbonyl (C=O) groups is 1. The standard InChI is InChI=1S/C16H15N3OS2/c20-16(18-15-5-3-8-22-15)19(10-13-6-9-21-12-13)11-14-4-1-2-7-17-14/h1-9,12H,10-11H2,(H,18,20). The van der Waals surface area contributed by atoms with Gasteiger partial charge in [0, 0.05) is 12.7 Å². The minimum atomic E-state index is -0.112. The molecule has 6 heteroatoms. The maximum Gasteiger partial charge on any atom is 0.323 e. The summed E-state index contributed by atoms with van der Waals surface area (Å²) in [6.07, 6.45) is 1.75. The molecule has 0 saturated carbocycles. The first-order valence-corrected chi connectivity index (χ1v) is 8.64. The van der Waals surface area contributed by atoms with E-state index in [2.05, 4.69) is 15.7 Å². The van der Waals surface area contributed by atoms with Crippen molar-refractivity contribution in [1.29, 1.82) is 0 Å². The minimum absolute atomic E-state index is 0.112. The maximum atomic E-state index is 12.5. The number of nitrogens with one attached hydrogen (secondary N) is 1. The fourth-order valence-electron chi connectivity index (χ4n) is 2.02. The van der Waals surface area contributed by atoms with Gasteiger partial charge in [0.2, 0.25) is 0 Å². The Kier molecular flexibility index (Phi) is 4.82. The molecule has 22 heavy (non-hydrogen) atoms. The van der Waals surface area contributed by atoms with Crippen LogP contribution in [0, 0.1) is 0 Å². The number of hydrogen-bond donors (Lipinski definition) is 1. The van der Waals surface area contributed by atoms with Crippen molar-refractivity contribution in [1.82, 2.24) is 9.88 Å². The smallest absolute Gasteiger partial charge is 0.314 e. The first-order chi connectivity index (χ1) is 10.8. The zero-order valence-electron chi connectivity index (χ0n) is 11.8. The van der Waals surface area contributed by atoms with E-state index in [0.717, 1.165) is 16.3 Å². The van der Waals surface area contributed by atoms with E-state index in [1.807, 2.05) is 47.2 Å². The monoisotopic (exact) mass is 329 g/mol. The van der Waals surface area contributed by atoms with Crippen molar-refractivity contribution >= 4 is 33.7 Å². The van der Waals surface area contributed by atoms with E-state index in [1.165, 1.54) is 11.3 Å². The highest BCUT2D eigenvalue weighted by Crippen LogP contribution is 2.18. The predicted octanol–water partition coefficient (Wildman–Crippen LogP) is 4.44. The van der Waals surface area contributed by atoms with Crippen LogP contribution >= 0.6 is 22.7 Å². The van der Waals surface area contributed by atoms with Crippen molar-refractivity contribution in [3.8, 4) is 0 Å². The number of anilines is 1. The number of amides is 2. The largest absolute Gasteiger partial charge is 0.323 e. The molecule has 0 aromatic carbocycles. The molecule has 3 heterocycles. The van der Waals surface area contributed by atoms with Crippen LogP contribution in [0.3, 0.4) is 0 Å². The molecule has 3 aromatic rings. The molecule has 1 N–H and O–H groups in total. The lowest BCUT2D eigenvalue weighted by molar-refractivity contribution is 0.206. The lowest BCUT2D eigenvalue weighted by atomic mass is 10.3. The van der Waals surface area contributed by atoms with E-state index in [1.54, 1.807) is 22.4 Å². The fraction of sp³-hybridized carbons (Fsp3) is 0.125. The van der Waals surface area contributed by atoms with Gasteiger partial charge in [-0.2, -0.15) is 11.3 Å². The van der Waals surface area contributed by atoms with Crippen LogP contribution in [0.2, 0.25) is 0 Å². The van der Waals surface area contributed by atoms with Gasteiger partial charge in [0.15, 0.2) is 0 Å². The van der Waals surface area contributed by atoms with Gasteiger partial charge in [0.1, 0.15) is 0 Å². The van der Waals surface area contributed by atoms with Crippen molar-refractivity contribution in [2.24, 2.45) is 0 Å². The van der Waals surface area contributed by atoms with Crippen molar-refractivity contribution < 1.29 is 4.79 Å². The van der Waals surface area contributed by atoms with Crippen LogP contribution in [0.1, 0.15) is 11.3 Å². The maximum absolute atomic E-state index is 12.5. The second kappa shape index (κ2) is 7.20. The van der Waals surface area contributed by atoms with Crippen LogP contribution in [0.5, 0.6) is 0 Å². The highest BCUT2D eigenvalue weighted by atomic mass is 32.1. The average molecular weight is 329 g/mol. The van der Waals surface area contributed by atoms with Crippen LogP contribution in [-0.2, 0) is 13.1 Å². The Morgan fingerprint density at radius 1 is 1.14 bits per heavy atom. The van der Waals surface area contributed by atoms with Crippen molar-refractivity contribution in [2.75, 3.05) is 5.32 Å². The molecule has 2 amide bonds. The Hall–Kier alpha value is -2.18. The van der Waals surface area contributed by atoms with Gasteiger partial charge in [-0.15, -0.1) is 11.3 Å². The minimum Gasteiger partial charge on any atom is -0.314 e. The van der Waals surface area contributed by atoms with Crippen LogP contribution in [0.15, 0.2) is 58.7 Å². The first-order valence-electron chi connectivity index (χ1n) is 6.82. The SMILES string of the molecule is O=C(Nc1cccs1)N(Cc1ccsc1)Cc1ccccn1. The first kappa shape index (κ1) is 14.7. The number of urea groups is 1. The molecule has 0 radical (unpaired) electrons. The molecular weight excluding hydrogens is 314 g/mol. The third kappa shape index (κ3) is 3.93. The fourth-order valence-corrected chi connectivity index (χ4v) is 3.29. The molecule has 0 spiro atoms. The summed E-state index contributed by atoms with van der Waals surface area (Å²) in [5.41, 5.74) is 2.00. The van der Waals surface area contributed by atoms with Gasteiger partial charge in [-0.05, 0) is 52.0 Å². The van der Waals surface area contributed by atoms with Crippen LogP contribution in [0.25, 0.3) is 0 Å². The molecule has 0 bridgehead atoms. The third-order valence-corrected chi connectivity index (χ3v) is 4.59. The summed E-state index contributed by atoms with van der Waals surface area (Å²) in [4.78, 5) is 18.6. The van der Waals surface area contributed by atoms with Gasteiger partial charge >= 0.3 is 6.03 Å². The number of nitrogens with zero attached hydrogens (tertiary/aromatic N) is 2. The second-order valence-corrected chi connectivity index (χ2v) is 6.44. The Bertz CT molecular complexity index is 696. The van der Waals surface area contributed by atoms with E-state index < -0.39 is 0 Å². The molecule has 3 aromatic heterocycles. The summed E-state index contributed by atoms with van der Waals surface area (Å²) < 4.78 is 0. The number of pyridine rings is 1. The second-order valence-electron chi connectivity index (χ2n) is 4.72. The van der Waals surface area contributed by atoms with E-state index in [4.69, 9.17) is 0 Å². The summed E-state index contributed by atoms with van der Waals surface area (Å²) in [6.45, 7) is 1.05. The molecule has 0 fully saturated rings. The topological polar surface area (TPSA) is 45.2 Å². The van der Waals surface area contributed by atoms with Gasteiger partial charge in [-0.25, -0.2) is 4.79 Å². The highest BCUT2D eigenvalue weighted by Gasteiger charge is 2.16. The summed E-state index contributed by atoms with van der Waals surface area (Å²) in [5, 5.41) is 9.81. The summed E-state index contributed by atoms with van der Waals surface area (Å²) in [5.74, 6) is 0. The van der Waals surface area contributed by atoms with E-state index in [-0.39, 0.29) is 6.03 Å². The Morgan fingerprint density at radius 2 is 2.09 bits per heavy atom. The average Bonchev–Trinajstić information content (AvgIpc) is 3.21. The number of rotatable bonds is 5. The van der Waals surface area contributed by atoms with Crippen LogP contribution < -0.4 is 5.32 Å². The quantitative estimate of drug-likeness (QED) is 0.752. The van der Waals surface area contributed by atoms with Crippen molar-refractivity contribution in [3.05, 3.63) is 70.0 Å². The van der Waals surface area contributed by atoms with E-state index >= 15 is 0 Å². The lowest BCUT2D eigenvalue weighted by Crippen LogP contribution is -2.34. The molecule has 3 rings (SSSR count). The van der Waals surface area contributed by atoms with Gasteiger partial charge in [-0.1, -0.05) is 6.07 Å². The Balaban J connectivity index is 1.74. The van der Waals surface area contributed by atoms with E-state index in [0.29, 0.717) is 13.1 Å². The Labute approximate surface area is 137 Å². The molecule has 0 unspecified atom stereocenters. The normalized spacial score (nSPS) is 10.4. The van der Waals surface area contributed by atoms with E-state index in [9.17, 15) is 4.79 Å². The summed E-state index contributed by atoms with van der Waals surface area (Å²) in [7, 11) is 0. The molecule has 0 atom stereocenters. The molecule has 0 aliphatic heterocycles.